The highest BCUT2D eigenvalue weighted by Gasteiger charge is 2.29. The van der Waals surface area contributed by atoms with Crippen LogP contribution in [0.2, 0.25) is 0 Å². The molecule has 0 amide bonds. The van der Waals surface area contributed by atoms with Crippen LogP contribution >= 0.6 is 11.8 Å². The molecule has 1 saturated heterocycles. The molecule has 16 heavy (non-hydrogen) atoms. The van der Waals surface area contributed by atoms with Crippen LogP contribution in [0.1, 0.15) is 6.42 Å². The molecule has 0 radical (unpaired) electrons. The minimum Gasteiger partial charge on any atom is -0.480 e. The summed E-state index contributed by atoms with van der Waals surface area (Å²) in [7, 11) is 0. The smallest absolute Gasteiger partial charge is 0.320 e. The number of hydrogen-bond donors (Lipinski definition) is 2. The average molecular weight is 241 g/mol. The first-order valence-electron chi connectivity index (χ1n) is 5.03. The molecule has 2 rings (SSSR count). The Morgan fingerprint density at radius 3 is 2.69 bits per heavy atom. The number of halogens is 1. The summed E-state index contributed by atoms with van der Waals surface area (Å²) in [6.07, 6.45) is 0.609. The van der Waals surface area contributed by atoms with E-state index >= 15 is 0 Å². The van der Waals surface area contributed by atoms with Gasteiger partial charge in [0.15, 0.2) is 0 Å². The van der Waals surface area contributed by atoms with Gasteiger partial charge in [-0.3, -0.25) is 4.79 Å². The van der Waals surface area contributed by atoms with Crippen molar-refractivity contribution in [2.24, 2.45) is 0 Å². The van der Waals surface area contributed by atoms with E-state index in [4.69, 9.17) is 5.11 Å². The van der Waals surface area contributed by atoms with Crippen LogP contribution in [0.25, 0.3) is 0 Å². The summed E-state index contributed by atoms with van der Waals surface area (Å²) >= 11 is 1.59. The number of rotatable bonds is 3. The molecule has 1 aliphatic rings. The SMILES string of the molecule is O=C(O)C1CC(Sc2ccc(F)cc2)CN1. The van der Waals surface area contributed by atoms with Gasteiger partial charge in [0.2, 0.25) is 0 Å². The van der Waals surface area contributed by atoms with Crippen LogP contribution in [0.3, 0.4) is 0 Å². The van der Waals surface area contributed by atoms with E-state index < -0.39 is 12.0 Å². The van der Waals surface area contributed by atoms with E-state index in [0.717, 1.165) is 4.90 Å². The number of nitrogens with one attached hydrogen (secondary N) is 1. The van der Waals surface area contributed by atoms with Gasteiger partial charge >= 0.3 is 5.97 Å². The Labute approximate surface area is 97.0 Å². The third-order valence-corrected chi connectivity index (χ3v) is 3.74. The van der Waals surface area contributed by atoms with Crippen molar-refractivity contribution in [1.29, 1.82) is 0 Å². The quantitative estimate of drug-likeness (QED) is 0.846. The average Bonchev–Trinajstić information content (AvgIpc) is 2.70. The zero-order valence-electron chi connectivity index (χ0n) is 8.52. The van der Waals surface area contributed by atoms with Crippen molar-refractivity contribution >= 4 is 17.7 Å². The zero-order valence-corrected chi connectivity index (χ0v) is 9.34. The van der Waals surface area contributed by atoms with Crippen molar-refractivity contribution < 1.29 is 14.3 Å². The molecule has 86 valence electrons. The molecule has 2 N–H and O–H groups in total. The molecule has 1 aromatic rings. The molecule has 2 unspecified atom stereocenters. The Morgan fingerprint density at radius 1 is 1.44 bits per heavy atom. The highest BCUT2D eigenvalue weighted by molar-refractivity contribution is 8.00. The van der Waals surface area contributed by atoms with Crippen molar-refractivity contribution in [3.8, 4) is 0 Å². The molecule has 1 aliphatic heterocycles. The van der Waals surface area contributed by atoms with Crippen LogP contribution < -0.4 is 5.32 Å². The van der Waals surface area contributed by atoms with Gasteiger partial charge in [-0.15, -0.1) is 11.8 Å². The minimum absolute atomic E-state index is 0.242. The number of carboxylic acid groups (broad SMARTS) is 1. The summed E-state index contributed by atoms with van der Waals surface area (Å²) < 4.78 is 12.7. The fraction of sp³-hybridized carbons (Fsp3) is 0.364. The normalized spacial score (nSPS) is 24.6. The van der Waals surface area contributed by atoms with Gasteiger partial charge in [0.05, 0.1) is 0 Å². The molecule has 0 aromatic heterocycles. The van der Waals surface area contributed by atoms with Gasteiger partial charge in [0.25, 0.3) is 0 Å². The summed E-state index contributed by atoms with van der Waals surface area (Å²) in [6.45, 7) is 0.680. The molecule has 1 heterocycles. The van der Waals surface area contributed by atoms with Crippen LogP contribution in [0.15, 0.2) is 29.2 Å². The van der Waals surface area contributed by atoms with Gasteiger partial charge in [0, 0.05) is 16.7 Å². The van der Waals surface area contributed by atoms with E-state index in [1.165, 1.54) is 12.1 Å². The Bertz CT molecular complexity index is 382. The molecule has 0 bridgehead atoms. The van der Waals surface area contributed by atoms with Gasteiger partial charge in [-0.2, -0.15) is 0 Å². The van der Waals surface area contributed by atoms with Crippen LogP contribution in [0.5, 0.6) is 0 Å². The number of hydrogen-bond acceptors (Lipinski definition) is 3. The summed E-state index contributed by atoms with van der Waals surface area (Å²) in [5.74, 6) is -1.06. The van der Waals surface area contributed by atoms with Crippen LogP contribution in [-0.4, -0.2) is 28.9 Å². The van der Waals surface area contributed by atoms with Gasteiger partial charge in [-0.05, 0) is 30.7 Å². The lowest BCUT2D eigenvalue weighted by Crippen LogP contribution is -2.29. The predicted molar refractivity (Wildman–Crippen MR) is 60.1 cm³/mol. The van der Waals surface area contributed by atoms with Gasteiger partial charge in [0.1, 0.15) is 11.9 Å². The third-order valence-electron chi connectivity index (χ3n) is 2.50. The molecule has 0 saturated carbocycles. The maximum atomic E-state index is 12.7. The standard InChI is InChI=1S/C11H12FNO2S/c12-7-1-3-8(4-2-7)16-9-5-10(11(14)15)13-6-9/h1-4,9-10,13H,5-6H2,(H,14,15). The predicted octanol–water partition coefficient (Wildman–Crippen LogP) is 1.73. The van der Waals surface area contributed by atoms with Crippen molar-refractivity contribution in [2.75, 3.05) is 6.54 Å². The maximum Gasteiger partial charge on any atom is 0.320 e. The van der Waals surface area contributed by atoms with Crippen molar-refractivity contribution in [2.45, 2.75) is 22.6 Å². The fourth-order valence-corrected chi connectivity index (χ4v) is 2.83. The Hall–Kier alpha value is -1.07. The monoisotopic (exact) mass is 241 g/mol. The molecule has 0 spiro atoms. The first-order chi connectivity index (χ1) is 7.65. The van der Waals surface area contributed by atoms with E-state index in [2.05, 4.69) is 5.32 Å². The summed E-state index contributed by atoms with van der Waals surface area (Å²) in [6, 6.07) is 5.82. The second-order valence-electron chi connectivity index (χ2n) is 3.73. The molecule has 1 fully saturated rings. The molecule has 1 aromatic carbocycles. The van der Waals surface area contributed by atoms with Crippen LogP contribution in [0.4, 0.5) is 4.39 Å². The first kappa shape index (κ1) is 11.4. The number of aliphatic carboxylic acids is 1. The van der Waals surface area contributed by atoms with E-state index in [9.17, 15) is 9.18 Å². The lowest BCUT2D eigenvalue weighted by Gasteiger charge is -2.07. The molecule has 3 nitrogen and oxygen atoms in total. The Kier molecular flexibility index (Phi) is 3.46. The van der Waals surface area contributed by atoms with Crippen molar-refractivity contribution in [3.63, 3.8) is 0 Å². The summed E-state index contributed by atoms with van der Waals surface area (Å²) in [5, 5.41) is 12.0. The topological polar surface area (TPSA) is 49.3 Å². The number of thioether (sulfide) groups is 1. The third kappa shape index (κ3) is 2.74. The number of carbonyl (C=O) groups is 1. The molecular formula is C11H12FNO2S. The van der Waals surface area contributed by atoms with Gasteiger partial charge in [-0.1, -0.05) is 0 Å². The summed E-state index contributed by atoms with van der Waals surface area (Å²) in [4.78, 5) is 11.7. The molecule has 0 aliphatic carbocycles. The second-order valence-corrected chi connectivity index (χ2v) is 5.10. The minimum atomic E-state index is -0.804. The number of carboxylic acids is 1. The first-order valence-corrected chi connectivity index (χ1v) is 5.91. The van der Waals surface area contributed by atoms with E-state index in [-0.39, 0.29) is 11.1 Å². The lowest BCUT2D eigenvalue weighted by molar-refractivity contribution is -0.139. The Balaban J connectivity index is 1.92. The second kappa shape index (κ2) is 4.84. The van der Waals surface area contributed by atoms with E-state index in [0.29, 0.717) is 13.0 Å². The van der Waals surface area contributed by atoms with Crippen molar-refractivity contribution in [1.82, 2.24) is 5.32 Å². The lowest BCUT2D eigenvalue weighted by atomic mass is 10.2. The largest absolute Gasteiger partial charge is 0.480 e. The molecule has 2 atom stereocenters. The molecule has 5 heteroatoms. The zero-order chi connectivity index (χ0) is 11.5. The van der Waals surface area contributed by atoms with E-state index in [1.54, 1.807) is 23.9 Å². The maximum absolute atomic E-state index is 12.7. The fourth-order valence-electron chi connectivity index (χ4n) is 1.69. The highest BCUT2D eigenvalue weighted by atomic mass is 32.2. The van der Waals surface area contributed by atoms with Crippen LogP contribution in [-0.2, 0) is 4.79 Å². The van der Waals surface area contributed by atoms with E-state index in [1.807, 2.05) is 0 Å². The highest BCUT2D eigenvalue weighted by Crippen LogP contribution is 2.28. The Morgan fingerprint density at radius 2 is 2.12 bits per heavy atom. The van der Waals surface area contributed by atoms with Gasteiger partial charge < -0.3 is 10.4 Å². The van der Waals surface area contributed by atoms with Crippen LogP contribution in [0, 0.1) is 5.82 Å². The van der Waals surface area contributed by atoms with Crippen molar-refractivity contribution in [3.05, 3.63) is 30.1 Å². The summed E-state index contributed by atoms with van der Waals surface area (Å²) in [5.41, 5.74) is 0. The number of benzene rings is 1. The molecular weight excluding hydrogens is 229 g/mol. The van der Waals surface area contributed by atoms with Gasteiger partial charge in [-0.25, -0.2) is 4.39 Å².